The standard InChI is InChI=1S/C45H49ClN8O6/c1-44(2)42(45(3,4)43(44)60-31-8-5-26(20-47)34(46)19-31)54-37(55)12-10-35(41(54)59)53-39(57)32-9-7-28(18-33(32)40(53)58)52-24-29-17-30(52)23-51(29)22-25-13-15-50(16-14-25)36-11-6-27(21-49-36)38(48)56/h5-9,11,18-19,21,25,29-30,35,42-43H,10,12-17,22-24H2,1-4H3,(H2,48,56)/t29-,30-,35-,42?,43?/m0/s1. The molecule has 0 spiro atoms. The van der Waals surface area contributed by atoms with Crippen molar-refractivity contribution in [3.8, 4) is 11.8 Å². The zero-order valence-electron chi connectivity index (χ0n) is 34.3. The molecule has 0 radical (unpaired) electrons. The monoisotopic (exact) mass is 832 g/mol. The number of benzene rings is 2. The summed E-state index contributed by atoms with van der Waals surface area (Å²) in [5.74, 6) is -0.477. The molecule has 14 nitrogen and oxygen atoms in total. The van der Waals surface area contributed by atoms with Gasteiger partial charge in [-0.3, -0.25) is 38.7 Å². The van der Waals surface area contributed by atoms with E-state index in [-0.39, 0.29) is 34.9 Å². The number of piperidine rings is 2. The largest absolute Gasteiger partial charge is 0.489 e. The van der Waals surface area contributed by atoms with Gasteiger partial charge in [0.05, 0.1) is 33.3 Å². The lowest BCUT2D eigenvalue weighted by atomic mass is 9.48. The van der Waals surface area contributed by atoms with Gasteiger partial charge in [0, 0.05) is 80.0 Å². The van der Waals surface area contributed by atoms with Crippen LogP contribution in [0.5, 0.6) is 5.75 Å². The third-order valence-corrected chi connectivity index (χ3v) is 14.4. The molecule has 60 heavy (non-hydrogen) atoms. The van der Waals surface area contributed by atoms with E-state index in [2.05, 4.69) is 19.7 Å². The number of anilines is 2. The quantitative estimate of drug-likeness (QED) is 0.291. The fourth-order valence-corrected chi connectivity index (χ4v) is 11.8. The maximum absolute atomic E-state index is 14.4. The number of nitrogens with two attached hydrogens (primary N) is 1. The maximum atomic E-state index is 14.4. The van der Waals surface area contributed by atoms with E-state index in [1.54, 1.807) is 30.3 Å². The van der Waals surface area contributed by atoms with Gasteiger partial charge >= 0.3 is 0 Å². The van der Waals surface area contributed by atoms with Crippen molar-refractivity contribution in [2.24, 2.45) is 22.5 Å². The fourth-order valence-electron chi connectivity index (χ4n) is 11.6. The predicted molar refractivity (Wildman–Crippen MR) is 223 cm³/mol. The molecule has 312 valence electrons. The van der Waals surface area contributed by atoms with Gasteiger partial charge < -0.3 is 20.3 Å². The summed E-state index contributed by atoms with van der Waals surface area (Å²) in [7, 11) is 0. The van der Waals surface area contributed by atoms with Crippen molar-refractivity contribution >= 4 is 52.6 Å². The van der Waals surface area contributed by atoms with Gasteiger partial charge in [-0.2, -0.15) is 5.26 Å². The molecule has 1 aliphatic carbocycles. The van der Waals surface area contributed by atoms with Gasteiger partial charge in [-0.15, -0.1) is 0 Å². The van der Waals surface area contributed by atoms with Crippen LogP contribution in [0.2, 0.25) is 5.02 Å². The van der Waals surface area contributed by atoms with E-state index in [9.17, 15) is 29.2 Å². The highest BCUT2D eigenvalue weighted by molar-refractivity contribution is 6.31. The van der Waals surface area contributed by atoms with Crippen LogP contribution in [0.1, 0.15) is 96.4 Å². The molecule has 5 fully saturated rings. The number of rotatable bonds is 9. The van der Waals surface area contributed by atoms with E-state index in [0.29, 0.717) is 34.9 Å². The van der Waals surface area contributed by atoms with Gasteiger partial charge in [-0.1, -0.05) is 39.3 Å². The number of nitrogens with zero attached hydrogens (tertiary/aromatic N) is 7. The first-order chi connectivity index (χ1) is 28.6. The van der Waals surface area contributed by atoms with E-state index >= 15 is 0 Å². The lowest BCUT2D eigenvalue weighted by Crippen LogP contribution is -2.77. The van der Waals surface area contributed by atoms with E-state index in [0.717, 1.165) is 68.4 Å². The van der Waals surface area contributed by atoms with Crippen molar-refractivity contribution in [3.63, 3.8) is 0 Å². The summed E-state index contributed by atoms with van der Waals surface area (Å²) in [6, 6.07) is 14.9. The highest BCUT2D eigenvalue weighted by Gasteiger charge is 2.68. The Labute approximate surface area is 354 Å². The molecule has 1 aromatic heterocycles. The lowest BCUT2D eigenvalue weighted by molar-refractivity contribution is -0.216. The summed E-state index contributed by atoms with van der Waals surface area (Å²) >= 11 is 6.28. The number of hydrogen-bond acceptors (Lipinski definition) is 11. The predicted octanol–water partition coefficient (Wildman–Crippen LogP) is 4.88. The zero-order valence-corrected chi connectivity index (χ0v) is 35.0. The SMILES string of the molecule is CC1(C)C(Oc2ccc(C#N)c(Cl)c2)C(C)(C)C1N1C(=O)CC[C@H](N2C(=O)c3ccc(N4C[C@@H]5C[C@H]4CN5CC4CCN(c5ccc(C(N)=O)cn5)CC4)cc3C2=O)C1=O. The Morgan fingerprint density at radius 1 is 0.917 bits per heavy atom. The molecule has 2 bridgehead atoms. The number of ether oxygens (including phenoxy) is 1. The Bertz CT molecular complexity index is 2340. The van der Waals surface area contributed by atoms with Crippen molar-refractivity contribution in [3.05, 3.63) is 82.0 Å². The number of primary amides is 1. The topological polar surface area (TPSA) is 173 Å². The van der Waals surface area contributed by atoms with E-state index in [4.69, 9.17) is 22.1 Å². The molecular formula is C45H49ClN8O6. The number of fused-ring (bicyclic) bond motifs is 3. The van der Waals surface area contributed by atoms with Gasteiger partial charge in [-0.25, -0.2) is 4.98 Å². The van der Waals surface area contributed by atoms with Crippen LogP contribution in [0.3, 0.4) is 0 Å². The molecule has 0 unspecified atom stereocenters. The molecule has 5 amide bonds. The van der Waals surface area contributed by atoms with Crippen LogP contribution in [0.15, 0.2) is 54.7 Å². The maximum Gasteiger partial charge on any atom is 0.262 e. The van der Waals surface area contributed by atoms with Crippen molar-refractivity contribution in [1.82, 2.24) is 19.7 Å². The molecule has 15 heteroatoms. The van der Waals surface area contributed by atoms with Crippen molar-refractivity contribution in [2.75, 3.05) is 42.5 Å². The minimum atomic E-state index is -1.11. The van der Waals surface area contributed by atoms with Gasteiger partial charge in [-0.05, 0) is 74.1 Å². The molecule has 9 rings (SSSR count). The Kier molecular flexibility index (Phi) is 9.71. The van der Waals surface area contributed by atoms with Gasteiger partial charge in [0.2, 0.25) is 11.8 Å². The van der Waals surface area contributed by atoms with Crippen LogP contribution in [0.4, 0.5) is 11.5 Å². The van der Waals surface area contributed by atoms with Crippen molar-refractivity contribution in [2.45, 2.75) is 90.1 Å². The van der Waals surface area contributed by atoms with E-state index < -0.39 is 52.6 Å². The number of carbonyl (C=O) groups excluding carboxylic acids is 5. The average Bonchev–Trinajstić information content (AvgIpc) is 3.90. The second kappa shape index (κ2) is 14.6. The summed E-state index contributed by atoms with van der Waals surface area (Å²) in [4.78, 5) is 81.7. The number of carbonyl (C=O) groups is 5. The van der Waals surface area contributed by atoms with Crippen LogP contribution in [0, 0.1) is 28.1 Å². The van der Waals surface area contributed by atoms with Crippen LogP contribution < -0.4 is 20.3 Å². The number of imide groups is 2. The number of piperazine rings is 1. The molecule has 2 N–H and O–H groups in total. The van der Waals surface area contributed by atoms with Crippen LogP contribution in [0.25, 0.3) is 0 Å². The minimum absolute atomic E-state index is 0.0182. The van der Waals surface area contributed by atoms with Crippen molar-refractivity contribution < 1.29 is 28.7 Å². The smallest absolute Gasteiger partial charge is 0.262 e. The first kappa shape index (κ1) is 39.9. The number of pyridine rings is 1. The van der Waals surface area contributed by atoms with Crippen molar-refractivity contribution in [1.29, 1.82) is 5.26 Å². The zero-order chi connectivity index (χ0) is 42.4. The summed E-state index contributed by atoms with van der Waals surface area (Å²) in [5.41, 5.74) is 6.17. The highest BCUT2D eigenvalue weighted by Crippen LogP contribution is 2.58. The highest BCUT2D eigenvalue weighted by atomic mass is 35.5. The Morgan fingerprint density at radius 3 is 2.28 bits per heavy atom. The summed E-state index contributed by atoms with van der Waals surface area (Å²) < 4.78 is 6.41. The number of halogens is 1. The molecule has 3 aromatic rings. The molecule has 3 atom stereocenters. The summed E-state index contributed by atoms with van der Waals surface area (Å²) in [6.45, 7) is 12.4. The molecule has 2 aromatic carbocycles. The van der Waals surface area contributed by atoms with Crippen LogP contribution >= 0.6 is 11.6 Å². The second-order valence-electron chi connectivity index (χ2n) is 18.5. The van der Waals surface area contributed by atoms with Gasteiger partial charge in [0.15, 0.2) is 0 Å². The van der Waals surface area contributed by atoms with E-state index in [1.807, 2.05) is 52.0 Å². The summed E-state index contributed by atoms with van der Waals surface area (Å²) in [5, 5.41) is 9.56. The third kappa shape index (κ3) is 6.39. The molecule has 6 heterocycles. The molecule has 4 saturated heterocycles. The molecule has 6 aliphatic rings. The lowest BCUT2D eigenvalue weighted by Gasteiger charge is -2.65. The normalized spacial score (nSPS) is 27.3. The minimum Gasteiger partial charge on any atom is -0.489 e. The van der Waals surface area contributed by atoms with Crippen LogP contribution in [-0.2, 0) is 9.59 Å². The average molecular weight is 833 g/mol. The molecule has 1 saturated carbocycles. The van der Waals surface area contributed by atoms with E-state index in [1.165, 1.54) is 11.1 Å². The number of amides is 5. The molecular weight excluding hydrogens is 784 g/mol. The van der Waals surface area contributed by atoms with Gasteiger partial charge in [0.1, 0.15) is 29.8 Å². The second-order valence-corrected chi connectivity index (χ2v) is 18.9. The summed E-state index contributed by atoms with van der Waals surface area (Å²) in [6.07, 6.45) is 4.35. The number of aromatic nitrogens is 1. The van der Waals surface area contributed by atoms with Crippen LogP contribution in [-0.4, -0.2) is 112 Å². The Hall–Kier alpha value is -5.52. The first-order valence-corrected chi connectivity index (χ1v) is 21.2. The molecule has 5 aliphatic heterocycles. The Morgan fingerprint density at radius 2 is 1.65 bits per heavy atom. The Balaban J connectivity index is 0.837. The number of likely N-dealkylation sites (tertiary alicyclic amines) is 2. The fraction of sp³-hybridized carbons (Fsp3) is 0.489. The number of hydrogen-bond donors (Lipinski definition) is 1. The first-order valence-electron chi connectivity index (χ1n) is 20.8. The third-order valence-electron chi connectivity index (χ3n) is 14.1. The number of nitriles is 1. The van der Waals surface area contributed by atoms with Gasteiger partial charge in [0.25, 0.3) is 17.7 Å².